The molecule has 0 aliphatic rings. The minimum Gasteiger partial charge on any atom is -0.308 e. The molecule has 4 nitrogen and oxygen atoms in total. The van der Waals surface area contributed by atoms with Gasteiger partial charge in [-0.05, 0) is 89.0 Å². The van der Waals surface area contributed by atoms with Crippen LogP contribution >= 0.6 is 0 Å². The monoisotopic (exact) mass is 974 g/mol. The van der Waals surface area contributed by atoms with Crippen LogP contribution in [0.1, 0.15) is 22.3 Å². The van der Waals surface area contributed by atoms with Crippen LogP contribution in [-0.4, -0.2) is 19.5 Å². The predicted octanol–water partition coefficient (Wildman–Crippen LogP) is 17.0. The van der Waals surface area contributed by atoms with E-state index in [1.54, 1.807) is 102 Å². The van der Waals surface area contributed by atoms with Crippen molar-refractivity contribution in [1.82, 2.24) is 19.5 Å². The van der Waals surface area contributed by atoms with Crippen LogP contribution in [0.5, 0.6) is 0 Å². The number of hydrogen-bond acceptors (Lipinski definition) is 3. The van der Waals surface area contributed by atoms with E-state index in [9.17, 15) is 52.7 Å². The van der Waals surface area contributed by atoms with Gasteiger partial charge in [0.05, 0.1) is 39.0 Å². The van der Waals surface area contributed by atoms with E-state index in [1.807, 2.05) is 0 Å². The topological polar surface area (TPSA) is 43.6 Å². The fourth-order valence-electron chi connectivity index (χ4n) is 8.65. The molecule has 0 saturated heterocycles. The molecule has 0 N–H and O–H groups in total. The zero-order valence-electron chi connectivity index (χ0n) is 36.1. The minimum absolute atomic E-state index is 0.0508. The molecule has 8 aromatic carbocycles. The van der Waals surface area contributed by atoms with Gasteiger partial charge in [-0.1, -0.05) is 115 Å². The van der Waals surface area contributed by atoms with Crippen molar-refractivity contribution >= 4 is 21.8 Å². The van der Waals surface area contributed by atoms with Crippen LogP contribution in [0.2, 0.25) is 0 Å². The Morgan fingerprint density at radius 1 is 0.296 bits per heavy atom. The Bertz CT molecular complexity index is 3480. The van der Waals surface area contributed by atoms with Crippen LogP contribution in [0.15, 0.2) is 182 Å². The van der Waals surface area contributed by atoms with Crippen LogP contribution in [-0.2, 0) is 24.7 Å². The standard InChI is InChI=1S/C55H30F12N4/c56-52(57,58)37-20-15-31(16-21-37)42-28-36(51-69-49(33-9-3-1-4-10-33)68-50(70-51)34-11-5-2-6-12-34)29-43(32-17-22-38(23-18-32)53(59,60)61)48(42)71-46-14-8-7-13-41(46)44-27-35(19-26-47(44)71)40-25-24-39(54(62,63)64)30-45(40)55(65,66)67/h1-30H. The van der Waals surface area contributed by atoms with Crippen molar-refractivity contribution in [3.63, 3.8) is 0 Å². The molecule has 0 aliphatic carbocycles. The molecule has 354 valence electrons. The average Bonchev–Trinajstić information content (AvgIpc) is 3.68. The van der Waals surface area contributed by atoms with E-state index in [0.29, 0.717) is 39.0 Å². The van der Waals surface area contributed by atoms with Gasteiger partial charge in [0, 0.05) is 38.6 Å². The summed E-state index contributed by atoms with van der Waals surface area (Å²) in [7, 11) is 0. The first-order valence-electron chi connectivity index (χ1n) is 21.5. The molecule has 0 aliphatic heterocycles. The largest absolute Gasteiger partial charge is 0.417 e. The number of alkyl halides is 12. The maximum absolute atomic E-state index is 14.5. The number of benzene rings is 8. The third kappa shape index (κ3) is 8.97. The quantitative estimate of drug-likeness (QED) is 0.150. The predicted molar refractivity (Wildman–Crippen MR) is 247 cm³/mol. The molecule has 0 spiro atoms. The number of para-hydroxylation sites is 1. The summed E-state index contributed by atoms with van der Waals surface area (Å²) < 4.78 is 171. The van der Waals surface area contributed by atoms with Crippen LogP contribution in [0.4, 0.5) is 52.7 Å². The van der Waals surface area contributed by atoms with Crippen LogP contribution < -0.4 is 0 Å². The van der Waals surface area contributed by atoms with Gasteiger partial charge in [-0.15, -0.1) is 0 Å². The summed E-state index contributed by atoms with van der Waals surface area (Å²) in [5, 5.41) is 0.771. The van der Waals surface area contributed by atoms with Crippen LogP contribution in [0, 0.1) is 0 Å². The van der Waals surface area contributed by atoms with Gasteiger partial charge in [0.2, 0.25) is 0 Å². The summed E-state index contributed by atoms with van der Waals surface area (Å²) >= 11 is 0. The van der Waals surface area contributed by atoms with Gasteiger partial charge >= 0.3 is 24.7 Å². The Morgan fingerprint density at radius 2 is 0.718 bits per heavy atom. The number of aromatic nitrogens is 4. The molecule has 0 unspecified atom stereocenters. The first-order chi connectivity index (χ1) is 33.7. The van der Waals surface area contributed by atoms with Gasteiger partial charge in [0.25, 0.3) is 0 Å². The molecule has 10 aromatic rings. The molecule has 0 bridgehead atoms. The number of rotatable bonds is 7. The molecule has 2 aromatic heterocycles. The fourth-order valence-corrected chi connectivity index (χ4v) is 8.65. The normalized spacial score (nSPS) is 12.5. The molecular weight excluding hydrogens is 945 g/mol. The van der Waals surface area contributed by atoms with Gasteiger partial charge in [0.1, 0.15) is 0 Å². The summed E-state index contributed by atoms with van der Waals surface area (Å²) in [4.78, 5) is 14.5. The lowest BCUT2D eigenvalue weighted by molar-refractivity contribution is -0.143. The molecule has 16 heteroatoms. The Morgan fingerprint density at radius 3 is 1.20 bits per heavy atom. The molecule has 0 radical (unpaired) electrons. The zero-order valence-corrected chi connectivity index (χ0v) is 36.1. The van der Waals surface area contributed by atoms with E-state index in [0.717, 1.165) is 30.3 Å². The molecule has 71 heavy (non-hydrogen) atoms. The Balaban J connectivity index is 1.30. The number of halogens is 12. The molecule has 0 fully saturated rings. The zero-order chi connectivity index (χ0) is 50.0. The van der Waals surface area contributed by atoms with Gasteiger partial charge < -0.3 is 4.57 Å². The molecule has 10 rings (SSSR count). The lowest BCUT2D eigenvalue weighted by atomic mass is 9.91. The average molecular weight is 975 g/mol. The minimum atomic E-state index is -5.20. The van der Waals surface area contributed by atoms with Crippen molar-refractivity contribution in [2.24, 2.45) is 0 Å². The first kappa shape index (κ1) is 46.5. The number of fused-ring (bicyclic) bond motifs is 3. The molecular formula is C55H30F12N4. The highest BCUT2D eigenvalue weighted by molar-refractivity contribution is 6.12. The van der Waals surface area contributed by atoms with E-state index in [4.69, 9.17) is 15.0 Å². The molecule has 0 saturated carbocycles. The highest BCUT2D eigenvalue weighted by Crippen LogP contribution is 2.47. The van der Waals surface area contributed by atoms with Crippen molar-refractivity contribution in [2.75, 3.05) is 0 Å². The van der Waals surface area contributed by atoms with Crippen LogP contribution in [0.25, 0.3) is 95.0 Å². The van der Waals surface area contributed by atoms with Gasteiger partial charge in [0.15, 0.2) is 17.5 Å². The van der Waals surface area contributed by atoms with Crippen molar-refractivity contribution < 1.29 is 52.7 Å². The summed E-state index contributed by atoms with van der Waals surface area (Å²) in [5.74, 6) is 0.602. The second kappa shape index (κ2) is 17.3. The second-order valence-corrected chi connectivity index (χ2v) is 16.4. The third-order valence-corrected chi connectivity index (χ3v) is 12.0. The SMILES string of the molecule is FC(F)(F)c1ccc(-c2cc(-c3nc(-c4ccccc4)nc(-c4ccccc4)n3)cc(-c3ccc(C(F)(F)F)cc3)c2-n2c3ccccc3c3cc(-c4ccc(C(F)(F)F)cc4C(F)(F)F)ccc32)cc1. The molecule has 0 amide bonds. The maximum Gasteiger partial charge on any atom is 0.417 e. The Hall–Kier alpha value is -8.27. The molecule has 2 heterocycles. The van der Waals surface area contributed by atoms with Gasteiger partial charge in [-0.25, -0.2) is 15.0 Å². The van der Waals surface area contributed by atoms with Crippen LogP contribution in [0.3, 0.4) is 0 Å². The van der Waals surface area contributed by atoms with Crippen molar-refractivity contribution in [3.8, 4) is 73.2 Å². The maximum atomic E-state index is 14.5. The summed E-state index contributed by atoms with van der Waals surface area (Å²) in [6.07, 6.45) is -19.7. The fraction of sp³-hybridized carbons (Fsp3) is 0.0727. The summed E-state index contributed by atoms with van der Waals surface area (Å²) in [5.41, 5.74) is -2.20. The lowest BCUT2D eigenvalue weighted by Crippen LogP contribution is -2.12. The Kier molecular flexibility index (Phi) is 11.3. The van der Waals surface area contributed by atoms with E-state index >= 15 is 0 Å². The van der Waals surface area contributed by atoms with E-state index in [2.05, 4.69) is 0 Å². The van der Waals surface area contributed by atoms with Crippen molar-refractivity contribution in [2.45, 2.75) is 24.7 Å². The lowest BCUT2D eigenvalue weighted by Gasteiger charge is -2.22. The molecule has 0 atom stereocenters. The smallest absolute Gasteiger partial charge is 0.308 e. The highest BCUT2D eigenvalue weighted by atomic mass is 19.4. The summed E-state index contributed by atoms with van der Waals surface area (Å²) in [6, 6.07) is 41.9. The van der Waals surface area contributed by atoms with E-state index < -0.39 is 52.5 Å². The van der Waals surface area contributed by atoms with Gasteiger partial charge in [-0.2, -0.15) is 52.7 Å². The number of hydrogen-bond donors (Lipinski definition) is 0. The first-order valence-corrected chi connectivity index (χ1v) is 21.5. The van der Waals surface area contributed by atoms with Gasteiger partial charge in [-0.3, -0.25) is 0 Å². The van der Waals surface area contributed by atoms with Crippen molar-refractivity contribution in [3.05, 3.63) is 204 Å². The highest BCUT2D eigenvalue weighted by Gasteiger charge is 2.39. The third-order valence-electron chi connectivity index (χ3n) is 12.0. The summed E-state index contributed by atoms with van der Waals surface area (Å²) in [6.45, 7) is 0. The Labute approximate surface area is 395 Å². The van der Waals surface area contributed by atoms with E-state index in [1.165, 1.54) is 42.5 Å². The van der Waals surface area contributed by atoms with E-state index in [-0.39, 0.29) is 62.6 Å². The number of nitrogens with zero attached hydrogens (tertiary/aromatic N) is 4. The second-order valence-electron chi connectivity index (χ2n) is 16.4. The van der Waals surface area contributed by atoms with Crippen molar-refractivity contribution in [1.29, 1.82) is 0 Å².